The van der Waals surface area contributed by atoms with E-state index in [-0.39, 0.29) is 17.6 Å². The van der Waals surface area contributed by atoms with E-state index in [1.165, 1.54) is 5.56 Å². The van der Waals surface area contributed by atoms with Gasteiger partial charge in [-0.25, -0.2) is 0 Å². The van der Waals surface area contributed by atoms with E-state index in [4.69, 9.17) is 16.3 Å². The summed E-state index contributed by atoms with van der Waals surface area (Å²) in [6, 6.07) is 14.2. The van der Waals surface area contributed by atoms with Crippen LogP contribution in [-0.4, -0.2) is 18.4 Å². The average Bonchev–Trinajstić information content (AvgIpc) is 2.65. The standard InChI is InChI=1S/C20H23ClN2O3/c1-4-20(2,3)14-9-11-15(12-10-14)26-13-18(24)22-23-19(25)16-7-5-6-8-17(16)21/h5-12H,4,13H2,1-3H3,(H,22,24)(H,23,25). The summed E-state index contributed by atoms with van der Waals surface area (Å²) in [5.41, 5.74) is 6.20. The van der Waals surface area contributed by atoms with Crippen LogP contribution in [0.3, 0.4) is 0 Å². The van der Waals surface area contributed by atoms with E-state index in [1.54, 1.807) is 24.3 Å². The Labute approximate surface area is 158 Å². The Morgan fingerprint density at radius 1 is 1.04 bits per heavy atom. The van der Waals surface area contributed by atoms with Crippen LogP contribution in [-0.2, 0) is 10.2 Å². The monoisotopic (exact) mass is 374 g/mol. The van der Waals surface area contributed by atoms with E-state index in [0.29, 0.717) is 10.8 Å². The predicted molar refractivity (Wildman–Crippen MR) is 102 cm³/mol. The SMILES string of the molecule is CCC(C)(C)c1ccc(OCC(=O)NNC(=O)c2ccccc2Cl)cc1. The van der Waals surface area contributed by atoms with Gasteiger partial charge in [0.2, 0.25) is 0 Å². The van der Waals surface area contributed by atoms with Crippen molar-refractivity contribution in [3.63, 3.8) is 0 Å². The number of ether oxygens (including phenoxy) is 1. The molecule has 2 N–H and O–H groups in total. The first-order chi connectivity index (χ1) is 12.3. The Kier molecular flexibility index (Phi) is 6.64. The van der Waals surface area contributed by atoms with Gasteiger partial charge in [-0.1, -0.05) is 56.6 Å². The summed E-state index contributed by atoms with van der Waals surface area (Å²) in [6.07, 6.45) is 1.03. The van der Waals surface area contributed by atoms with Gasteiger partial charge in [-0.05, 0) is 41.7 Å². The highest BCUT2D eigenvalue weighted by atomic mass is 35.5. The molecule has 0 spiro atoms. The Balaban J connectivity index is 1.82. The summed E-state index contributed by atoms with van der Waals surface area (Å²) in [4.78, 5) is 23.8. The summed E-state index contributed by atoms with van der Waals surface area (Å²) in [7, 11) is 0. The van der Waals surface area contributed by atoms with Crippen molar-refractivity contribution in [1.29, 1.82) is 0 Å². The lowest BCUT2D eigenvalue weighted by Gasteiger charge is -2.23. The molecular weight excluding hydrogens is 352 g/mol. The molecule has 0 atom stereocenters. The minimum absolute atomic E-state index is 0.0961. The van der Waals surface area contributed by atoms with Crippen molar-refractivity contribution in [2.75, 3.05) is 6.61 Å². The Hall–Kier alpha value is -2.53. The van der Waals surface area contributed by atoms with Gasteiger partial charge >= 0.3 is 0 Å². The summed E-state index contributed by atoms with van der Waals surface area (Å²) in [6.45, 7) is 6.29. The minimum Gasteiger partial charge on any atom is -0.484 e. The highest BCUT2D eigenvalue weighted by molar-refractivity contribution is 6.33. The lowest BCUT2D eigenvalue weighted by Crippen LogP contribution is -2.43. The Morgan fingerprint density at radius 3 is 2.31 bits per heavy atom. The lowest BCUT2D eigenvalue weighted by molar-refractivity contribution is -0.123. The molecule has 0 heterocycles. The summed E-state index contributed by atoms with van der Waals surface area (Å²) < 4.78 is 5.44. The zero-order chi connectivity index (χ0) is 19.2. The fourth-order valence-corrected chi connectivity index (χ4v) is 2.45. The molecule has 0 bridgehead atoms. The molecule has 0 aliphatic heterocycles. The number of nitrogens with one attached hydrogen (secondary N) is 2. The van der Waals surface area contributed by atoms with E-state index in [2.05, 4.69) is 31.6 Å². The van der Waals surface area contributed by atoms with E-state index >= 15 is 0 Å². The van der Waals surface area contributed by atoms with Crippen molar-refractivity contribution in [2.24, 2.45) is 0 Å². The van der Waals surface area contributed by atoms with E-state index in [1.807, 2.05) is 24.3 Å². The van der Waals surface area contributed by atoms with Crippen molar-refractivity contribution < 1.29 is 14.3 Å². The second-order valence-electron chi connectivity index (χ2n) is 6.53. The molecule has 2 aromatic rings. The molecule has 2 amide bonds. The third-order valence-corrected chi connectivity index (χ3v) is 4.65. The number of amides is 2. The van der Waals surface area contributed by atoms with Gasteiger partial charge in [-0.2, -0.15) is 0 Å². The fraction of sp³-hybridized carbons (Fsp3) is 0.300. The van der Waals surface area contributed by atoms with E-state index in [0.717, 1.165) is 6.42 Å². The van der Waals surface area contributed by atoms with Crippen LogP contribution in [0.25, 0.3) is 0 Å². The first kappa shape index (κ1) is 19.8. The van der Waals surface area contributed by atoms with Crippen LogP contribution >= 0.6 is 11.6 Å². The highest BCUT2D eigenvalue weighted by Crippen LogP contribution is 2.27. The molecule has 0 aliphatic rings. The molecular formula is C20H23ClN2O3. The third kappa shape index (κ3) is 5.23. The number of rotatable bonds is 6. The first-order valence-electron chi connectivity index (χ1n) is 8.40. The van der Waals surface area contributed by atoms with Crippen LogP contribution in [0.5, 0.6) is 5.75 Å². The van der Waals surface area contributed by atoms with Crippen molar-refractivity contribution >= 4 is 23.4 Å². The molecule has 0 saturated heterocycles. The second kappa shape index (κ2) is 8.72. The van der Waals surface area contributed by atoms with Crippen LogP contribution in [0.15, 0.2) is 48.5 Å². The normalized spacial score (nSPS) is 10.9. The number of benzene rings is 2. The van der Waals surface area contributed by atoms with E-state index < -0.39 is 11.8 Å². The van der Waals surface area contributed by atoms with Crippen LogP contribution in [0.1, 0.15) is 43.1 Å². The number of hydrogen-bond acceptors (Lipinski definition) is 3. The number of carbonyl (C=O) groups is 2. The molecule has 0 aliphatic carbocycles. The van der Waals surface area contributed by atoms with E-state index in [9.17, 15) is 9.59 Å². The molecule has 138 valence electrons. The zero-order valence-corrected chi connectivity index (χ0v) is 15.9. The maximum atomic E-state index is 12.0. The van der Waals surface area contributed by atoms with Gasteiger partial charge in [-0.15, -0.1) is 0 Å². The van der Waals surface area contributed by atoms with Crippen molar-refractivity contribution in [3.05, 3.63) is 64.7 Å². The second-order valence-corrected chi connectivity index (χ2v) is 6.94. The van der Waals surface area contributed by atoms with Gasteiger partial charge in [-0.3, -0.25) is 20.4 Å². The number of carbonyl (C=O) groups excluding carboxylic acids is 2. The van der Waals surface area contributed by atoms with Crippen LogP contribution in [0.2, 0.25) is 5.02 Å². The maximum absolute atomic E-state index is 12.0. The highest BCUT2D eigenvalue weighted by Gasteiger charge is 2.17. The van der Waals surface area contributed by atoms with Crippen LogP contribution in [0.4, 0.5) is 0 Å². The number of hydrogen-bond donors (Lipinski definition) is 2. The van der Waals surface area contributed by atoms with Gasteiger partial charge in [0, 0.05) is 0 Å². The van der Waals surface area contributed by atoms with Crippen molar-refractivity contribution in [1.82, 2.24) is 10.9 Å². The van der Waals surface area contributed by atoms with Gasteiger partial charge in [0.15, 0.2) is 6.61 Å². The topological polar surface area (TPSA) is 67.4 Å². The number of halogens is 1. The predicted octanol–water partition coefficient (Wildman–Crippen LogP) is 3.87. The molecule has 0 fully saturated rings. The van der Waals surface area contributed by atoms with Crippen LogP contribution < -0.4 is 15.6 Å². The number of hydrazine groups is 1. The summed E-state index contributed by atoms with van der Waals surface area (Å²) in [5.74, 6) is -0.369. The molecule has 2 aromatic carbocycles. The van der Waals surface area contributed by atoms with Gasteiger partial charge < -0.3 is 4.74 Å². The molecule has 0 saturated carbocycles. The van der Waals surface area contributed by atoms with Crippen molar-refractivity contribution in [2.45, 2.75) is 32.6 Å². The fourth-order valence-electron chi connectivity index (χ4n) is 2.23. The zero-order valence-electron chi connectivity index (χ0n) is 15.1. The van der Waals surface area contributed by atoms with Gasteiger partial charge in [0.1, 0.15) is 5.75 Å². The molecule has 26 heavy (non-hydrogen) atoms. The van der Waals surface area contributed by atoms with Crippen LogP contribution in [0, 0.1) is 0 Å². The molecule has 0 aromatic heterocycles. The van der Waals surface area contributed by atoms with Gasteiger partial charge in [0.25, 0.3) is 11.8 Å². The maximum Gasteiger partial charge on any atom is 0.276 e. The smallest absolute Gasteiger partial charge is 0.276 e. The average molecular weight is 375 g/mol. The lowest BCUT2D eigenvalue weighted by atomic mass is 9.82. The van der Waals surface area contributed by atoms with Gasteiger partial charge in [0.05, 0.1) is 10.6 Å². The summed E-state index contributed by atoms with van der Waals surface area (Å²) in [5, 5.41) is 0.311. The molecule has 2 rings (SSSR count). The molecule has 0 radical (unpaired) electrons. The summed E-state index contributed by atoms with van der Waals surface area (Å²) >= 11 is 5.93. The quantitative estimate of drug-likeness (QED) is 0.754. The molecule has 0 unspecified atom stereocenters. The third-order valence-electron chi connectivity index (χ3n) is 4.32. The molecule has 6 heteroatoms. The Morgan fingerprint density at radius 2 is 1.69 bits per heavy atom. The largest absolute Gasteiger partial charge is 0.484 e. The molecule has 5 nitrogen and oxygen atoms in total. The minimum atomic E-state index is -0.491. The van der Waals surface area contributed by atoms with Crippen molar-refractivity contribution in [3.8, 4) is 5.75 Å². The first-order valence-corrected chi connectivity index (χ1v) is 8.78. The Bertz CT molecular complexity index is 773.